The largest absolute Gasteiger partial charge is 0.480 e. The van der Waals surface area contributed by atoms with Crippen molar-refractivity contribution in [2.45, 2.75) is 12.5 Å². The van der Waals surface area contributed by atoms with Gasteiger partial charge in [0.05, 0.1) is 18.3 Å². The van der Waals surface area contributed by atoms with Crippen molar-refractivity contribution in [1.82, 2.24) is 15.1 Å². The highest BCUT2D eigenvalue weighted by atomic mass is 16.4. The molecule has 0 spiro atoms. The zero-order valence-corrected chi connectivity index (χ0v) is 9.58. The first-order valence-electron chi connectivity index (χ1n) is 4.95. The van der Waals surface area contributed by atoms with E-state index in [2.05, 4.69) is 15.7 Å². The maximum atomic E-state index is 11.4. The van der Waals surface area contributed by atoms with Gasteiger partial charge in [-0.3, -0.25) is 9.48 Å². The van der Waals surface area contributed by atoms with Crippen LogP contribution in [0.1, 0.15) is 6.42 Å². The summed E-state index contributed by atoms with van der Waals surface area (Å²) in [5.74, 6) is -2.15. The van der Waals surface area contributed by atoms with Crippen LogP contribution in [0.3, 0.4) is 0 Å². The van der Waals surface area contributed by atoms with Crippen LogP contribution in [0.25, 0.3) is 0 Å². The number of hydrogen-bond donors (Lipinski definition) is 4. The van der Waals surface area contributed by atoms with E-state index in [4.69, 9.17) is 10.8 Å². The molecule has 18 heavy (non-hydrogen) atoms. The molecule has 0 aromatic carbocycles. The van der Waals surface area contributed by atoms with E-state index in [0.717, 1.165) is 0 Å². The Hall–Kier alpha value is -2.58. The lowest BCUT2D eigenvalue weighted by Crippen LogP contribution is -2.45. The number of nitrogens with zero attached hydrogens (tertiary/aromatic N) is 2. The van der Waals surface area contributed by atoms with Crippen molar-refractivity contribution >= 4 is 23.6 Å². The highest BCUT2D eigenvalue weighted by Gasteiger charge is 2.22. The molecule has 9 heteroatoms. The lowest BCUT2D eigenvalue weighted by Gasteiger charge is -2.12. The first kappa shape index (κ1) is 13.5. The molecule has 1 aromatic heterocycles. The molecule has 0 unspecified atom stereocenters. The zero-order chi connectivity index (χ0) is 13.7. The third-order valence-electron chi connectivity index (χ3n) is 1.97. The Morgan fingerprint density at radius 1 is 1.56 bits per heavy atom. The third kappa shape index (κ3) is 4.12. The topological polar surface area (TPSA) is 139 Å². The quantitative estimate of drug-likeness (QED) is 0.527. The molecule has 3 amide bonds. The van der Waals surface area contributed by atoms with Crippen LogP contribution in [0.5, 0.6) is 0 Å². The van der Waals surface area contributed by atoms with E-state index in [0.29, 0.717) is 5.69 Å². The summed E-state index contributed by atoms with van der Waals surface area (Å²) in [4.78, 5) is 32.8. The molecule has 1 aromatic rings. The van der Waals surface area contributed by atoms with Crippen LogP contribution in [0, 0.1) is 0 Å². The molecule has 1 rings (SSSR count). The molecule has 0 saturated carbocycles. The summed E-state index contributed by atoms with van der Waals surface area (Å²) in [6.07, 6.45) is 2.45. The molecule has 0 saturated heterocycles. The molecule has 0 fully saturated rings. The number of urea groups is 1. The van der Waals surface area contributed by atoms with Crippen LogP contribution in [0.15, 0.2) is 12.4 Å². The van der Waals surface area contributed by atoms with Crippen LogP contribution >= 0.6 is 0 Å². The first-order valence-corrected chi connectivity index (χ1v) is 4.95. The molecule has 98 valence electrons. The van der Waals surface area contributed by atoms with Gasteiger partial charge in [0.25, 0.3) is 0 Å². The summed E-state index contributed by atoms with van der Waals surface area (Å²) >= 11 is 0. The number of amides is 3. The molecule has 0 radical (unpaired) electrons. The molecule has 0 aliphatic heterocycles. The number of carboxylic acid groups (broad SMARTS) is 1. The molecular formula is C9H13N5O4. The van der Waals surface area contributed by atoms with E-state index in [9.17, 15) is 14.4 Å². The number of carboxylic acids is 1. The number of hydrogen-bond acceptors (Lipinski definition) is 4. The number of nitrogens with one attached hydrogen (secondary N) is 2. The van der Waals surface area contributed by atoms with Crippen LogP contribution in [0.4, 0.5) is 10.5 Å². The van der Waals surface area contributed by atoms with Crippen molar-refractivity contribution in [3.8, 4) is 0 Å². The van der Waals surface area contributed by atoms with Gasteiger partial charge in [-0.05, 0) is 0 Å². The highest BCUT2D eigenvalue weighted by Crippen LogP contribution is 2.03. The molecule has 1 atom stereocenters. The lowest BCUT2D eigenvalue weighted by molar-refractivity contribution is -0.140. The van der Waals surface area contributed by atoms with Gasteiger partial charge in [-0.1, -0.05) is 0 Å². The fraction of sp³-hybridized carbons (Fsp3) is 0.333. The van der Waals surface area contributed by atoms with Gasteiger partial charge in [0, 0.05) is 13.2 Å². The van der Waals surface area contributed by atoms with E-state index in [1.165, 1.54) is 17.1 Å². The number of carbonyl (C=O) groups excluding carboxylic acids is 2. The summed E-state index contributed by atoms with van der Waals surface area (Å²) in [6, 6.07) is -2.11. The Labute approximate surface area is 102 Å². The maximum absolute atomic E-state index is 11.4. The summed E-state index contributed by atoms with van der Waals surface area (Å²) < 4.78 is 1.47. The van der Waals surface area contributed by atoms with E-state index < -0.39 is 30.4 Å². The molecule has 5 N–H and O–H groups in total. The van der Waals surface area contributed by atoms with Gasteiger partial charge in [-0.2, -0.15) is 5.10 Å². The smallest absolute Gasteiger partial charge is 0.326 e. The van der Waals surface area contributed by atoms with Crippen LogP contribution < -0.4 is 16.4 Å². The monoisotopic (exact) mass is 255 g/mol. The molecule has 9 nitrogen and oxygen atoms in total. The van der Waals surface area contributed by atoms with Crippen molar-refractivity contribution in [3.05, 3.63) is 12.4 Å². The van der Waals surface area contributed by atoms with E-state index in [1.807, 2.05) is 0 Å². The fourth-order valence-electron chi connectivity index (χ4n) is 1.21. The van der Waals surface area contributed by atoms with Crippen LogP contribution in [-0.2, 0) is 16.6 Å². The zero-order valence-electron chi connectivity index (χ0n) is 9.58. The summed E-state index contributed by atoms with van der Waals surface area (Å²) in [6.45, 7) is 0. The van der Waals surface area contributed by atoms with Crippen molar-refractivity contribution in [1.29, 1.82) is 0 Å². The maximum Gasteiger partial charge on any atom is 0.326 e. The van der Waals surface area contributed by atoms with E-state index in [1.54, 1.807) is 7.05 Å². The Bertz CT molecular complexity index is 469. The number of aliphatic carboxylic acids is 1. The van der Waals surface area contributed by atoms with Gasteiger partial charge in [0.1, 0.15) is 6.04 Å². The normalized spacial score (nSPS) is 11.6. The molecular weight excluding hydrogens is 242 g/mol. The number of anilines is 1. The van der Waals surface area contributed by atoms with Gasteiger partial charge >= 0.3 is 12.0 Å². The predicted octanol–water partition coefficient (Wildman–Crippen LogP) is -1.13. The Kier molecular flexibility index (Phi) is 4.24. The van der Waals surface area contributed by atoms with Crippen molar-refractivity contribution in [2.24, 2.45) is 12.8 Å². The number of primary amides is 1. The van der Waals surface area contributed by atoms with Gasteiger partial charge in [-0.15, -0.1) is 0 Å². The summed E-state index contributed by atoms with van der Waals surface area (Å²) in [7, 11) is 1.66. The number of carbonyl (C=O) groups is 3. The number of aromatic nitrogens is 2. The average molecular weight is 255 g/mol. The predicted molar refractivity (Wildman–Crippen MR) is 60.6 cm³/mol. The van der Waals surface area contributed by atoms with Gasteiger partial charge in [-0.25, -0.2) is 9.59 Å². The fourth-order valence-corrected chi connectivity index (χ4v) is 1.21. The van der Waals surface area contributed by atoms with Crippen molar-refractivity contribution in [2.75, 3.05) is 5.32 Å². The second-order valence-corrected chi connectivity index (χ2v) is 3.56. The highest BCUT2D eigenvalue weighted by molar-refractivity contribution is 5.93. The van der Waals surface area contributed by atoms with Gasteiger partial charge in [0.15, 0.2) is 0 Å². The molecule has 0 aliphatic rings. The van der Waals surface area contributed by atoms with Gasteiger partial charge < -0.3 is 21.5 Å². The molecule has 0 bridgehead atoms. The van der Waals surface area contributed by atoms with E-state index in [-0.39, 0.29) is 0 Å². The van der Waals surface area contributed by atoms with Crippen LogP contribution in [-0.4, -0.2) is 38.8 Å². The minimum Gasteiger partial charge on any atom is -0.480 e. The van der Waals surface area contributed by atoms with Crippen LogP contribution in [0.2, 0.25) is 0 Å². The molecule has 1 heterocycles. The summed E-state index contributed by atoms with van der Waals surface area (Å²) in [5.41, 5.74) is 5.28. The molecule has 0 aliphatic carbocycles. The van der Waals surface area contributed by atoms with Crippen molar-refractivity contribution < 1.29 is 19.5 Å². The summed E-state index contributed by atoms with van der Waals surface area (Å²) in [5, 5.41) is 17.1. The number of rotatable bonds is 5. The van der Waals surface area contributed by atoms with E-state index >= 15 is 0 Å². The minimum atomic E-state index is -1.36. The number of aryl methyl sites for hydroxylation is 1. The first-order chi connectivity index (χ1) is 8.38. The van der Waals surface area contributed by atoms with Gasteiger partial charge in [0.2, 0.25) is 5.91 Å². The number of nitrogens with two attached hydrogens (primary N) is 1. The standard InChI is InChI=1S/C9H13N5O4/c1-14-4-5(3-11-14)12-9(18)13-6(8(16)17)2-7(10)15/h3-4,6H,2H2,1H3,(H2,10,15)(H,16,17)(H2,12,13,18)/t6-/m1/s1. The SMILES string of the molecule is Cn1cc(NC(=O)N[C@H](CC(N)=O)C(=O)O)cn1. The second kappa shape index (κ2) is 5.66. The minimum absolute atomic E-state index is 0.401. The third-order valence-corrected chi connectivity index (χ3v) is 1.97. The Morgan fingerprint density at radius 2 is 2.22 bits per heavy atom. The van der Waals surface area contributed by atoms with Crippen molar-refractivity contribution in [3.63, 3.8) is 0 Å². The Morgan fingerprint density at radius 3 is 2.67 bits per heavy atom. The average Bonchev–Trinajstić information content (AvgIpc) is 2.62. The lowest BCUT2D eigenvalue weighted by atomic mass is 10.2. The second-order valence-electron chi connectivity index (χ2n) is 3.56. The Balaban J connectivity index is 2.56.